The summed E-state index contributed by atoms with van der Waals surface area (Å²) in [6.45, 7) is 11.8. The molecule has 0 aliphatic rings. The summed E-state index contributed by atoms with van der Waals surface area (Å²) in [5.74, 6) is 0.499. The Bertz CT molecular complexity index is 975. The normalized spacial score (nSPS) is 12.4. The third kappa shape index (κ3) is 3.44. The molecule has 0 saturated carbocycles. The van der Waals surface area contributed by atoms with Gasteiger partial charge in [-0.1, -0.05) is 30.0 Å². The maximum atomic E-state index is 12.6. The van der Waals surface area contributed by atoms with Crippen molar-refractivity contribution in [1.82, 2.24) is 19.6 Å². The summed E-state index contributed by atoms with van der Waals surface area (Å²) in [6, 6.07) is 5.96. The summed E-state index contributed by atoms with van der Waals surface area (Å²) in [5, 5.41) is 7.75. The molecule has 1 amide bonds. The second-order valence-electron chi connectivity index (χ2n) is 6.53. The minimum atomic E-state index is -0.325. The fourth-order valence-corrected chi connectivity index (χ4v) is 3.48. The van der Waals surface area contributed by atoms with Crippen LogP contribution in [0.3, 0.4) is 0 Å². The van der Waals surface area contributed by atoms with Gasteiger partial charge in [0.05, 0.1) is 5.25 Å². The average Bonchev–Trinajstić information content (AvgIpc) is 2.98. The van der Waals surface area contributed by atoms with E-state index in [-0.39, 0.29) is 11.2 Å². The second-order valence-corrected chi connectivity index (χ2v) is 7.84. The van der Waals surface area contributed by atoms with Gasteiger partial charge in [0.25, 0.3) is 5.78 Å². The van der Waals surface area contributed by atoms with Crippen molar-refractivity contribution in [3.8, 4) is 0 Å². The average molecular weight is 369 g/mol. The third-order valence-electron chi connectivity index (χ3n) is 4.62. The smallest absolute Gasteiger partial charge is 0.253 e. The van der Waals surface area contributed by atoms with E-state index < -0.39 is 0 Å². The highest BCUT2D eigenvalue weighted by molar-refractivity contribution is 8.00. The van der Waals surface area contributed by atoms with Gasteiger partial charge < -0.3 is 5.32 Å². The molecular formula is C19H23N5OS. The van der Waals surface area contributed by atoms with Gasteiger partial charge in [-0.2, -0.15) is 4.98 Å². The lowest BCUT2D eigenvalue weighted by molar-refractivity contribution is -0.115. The first-order valence-corrected chi connectivity index (χ1v) is 9.40. The van der Waals surface area contributed by atoms with E-state index in [1.165, 1.54) is 11.8 Å². The van der Waals surface area contributed by atoms with Crippen LogP contribution in [0.4, 0.5) is 5.69 Å². The number of thioether (sulfide) groups is 1. The van der Waals surface area contributed by atoms with Gasteiger partial charge in [-0.25, -0.2) is 9.50 Å². The number of aromatic nitrogens is 4. The fraction of sp³-hybridized carbons (Fsp3) is 0.368. The van der Waals surface area contributed by atoms with Gasteiger partial charge in [-0.3, -0.25) is 4.79 Å². The molecule has 3 rings (SSSR count). The van der Waals surface area contributed by atoms with Crippen molar-refractivity contribution in [2.75, 3.05) is 5.32 Å². The minimum absolute atomic E-state index is 0.0664. The summed E-state index contributed by atoms with van der Waals surface area (Å²) in [4.78, 5) is 21.5. The zero-order valence-corrected chi connectivity index (χ0v) is 16.7. The van der Waals surface area contributed by atoms with E-state index in [1.54, 1.807) is 4.52 Å². The third-order valence-corrected chi connectivity index (χ3v) is 5.57. The Morgan fingerprint density at radius 3 is 2.42 bits per heavy atom. The maximum absolute atomic E-state index is 12.6. The van der Waals surface area contributed by atoms with Crippen LogP contribution in [0, 0.1) is 34.6 Å². The first-order valence-electron chi connectivity index (χ1n) is 8.52. The molecule has 0 saturated heterocycles. The number of aryl methyl sites for hydroxylation is 4. The summed E-state index contributed by atoms with van der Waals surface area (Å²) in [5.41, 5.74) is 6.02. The largest absolute Gasteiger partial charge is 0.325 e. The van der Waals surface area contributed by atoms with Crippen molar-refractivity contribution in [1.29, 1.82) is 0 Å². The quantitative estimate of drug-likeness (QED) is 0.709. The zero-order valence-electron chi connectivity index (χ0n) is 15.9. The molecule has 1 N–H and O–H groups in total. The second kappa shape index (κ2) is 7.07. The Morgan fingerprint density at radius 2 is 1.77 bits per heavy atom. The highest BCUT2D eigenvalue weighted by Crippen LogP contribution is 2.25. The first-order chi connectivity index (χ1) is 12.3. The van der Waals surface area contributed by atoms with E-state index in [0.29, 0.717) is 10.9 Å². The van der Waals surface area contributed by atoms with Crippen molar-refractivity contribution in [2.45, 2.75) is 51.9 Å². The van der Waals surface area contributed by atoms with Crippen LogP contribution in [0.25, 0.3) is 5.78 Å². The number of para-hydroxylation sites is 1. The van der Waals surface area contributed by atoms with Gasteiger partial charge in [0, 0.05) is 17.1 Å². The molecule has 1 atom stereocenters. The molecule has 0 radical (unpaired) electrons. The number of hydrogen-bond acceptors (Lipinski definition) is 5. The van der Waals surface area contributed by atoms with Gasteiger partial charge in [0.15, 0.2) is 0 Å². The number of hydrogen-bond donors (Lipinski definition) is 1. The minimum Gasteiger partial charge on any atom is -0.325 e. The van der Waals surface area contributed by atoms with Crippen molar-refractivity contribution in [2.24, 2.45) is 0 Å². The van der Waals surface area contributed by atoms with E-state index >= 15 is 0 Å². The van der Waals surface area contributed by atoms with Crippen molar-refractivity contribution >= 4 is 29.1 Å². The highest BCUT2D eigenvalue weighted by Gasteiger charge is 2.20. The molecule has 1 aromatic carbocycles. The topological polar surface area (TPSA) is 72.2 Å². The number of amides is 1. The molecule has 26 heavy (non-hydrogen) atoms. The lowest BCUT2D eigenvalue weighted by Gasteiger charge is -2.14. The predicted molar refractivity (Wildman–Crippen MR) is 105 cm³/mol. The van der Waals surface area contributed by atoms with E-state index in [9.17, 15) is 4.79 Å². The van der Waals surface area contributed by atoms with E-state index in [4.69, 9.17) is 0 Å². The van der Waals surface area contributed by atoms with Crippen LogP contribution in [0.5, 0.6) is 0 Å². The molecule has 0 unspecified atom stereocenters. The molecule has 7 heteroatoms. The molecule has 3 aromatic rings. The van der Waals surface area contributed by atoms with Crippen LogP contribution in [0.15, 0.2) is 23.4 Å². The van der Waals surface area contributed by atoms with Crippen molar-refractivity contribution in [3.05, 3.63) is 46.3 Å². The summed E-state index contributed by atoms with van der Waals surface area (Å²) < 4.78 is 1.74. The van der Waals surface area contributed by atoms with Crippen LogP contribution < -0.4 is 5.32 Å². The number of nitrogens with one attached hydrogen (secondary N) is 1. The maximum Gasteiger partial charge on any atom is 0.253 e. The Labute approximate surface area is 157 Å². The summed E-state index contributed by atoms with van der Waals surface area (Å²) in [7, 11) is 0. The molecule has 6 nitrogen and oxygen atoms in total. The zero-order chi connectivity index (χ0) is 19.0. The van der Waals surface area contributed by atoms with Gasteiger partial charge >= 0.3 is 0 Å². The number of nitrogens with zero attached hydrogens (tertiary/aromatic N) is 4. The van der Waals surface area contributed by atoms with Crippen LogP contribution >= 0.6 is 11.8 Å². The van der Waals surface area contributed by atoms with E-state index in [2.05, 4.69) is 20.4 Å². The molecule has 2 heterocycles. The van der Waals surface area contributed by atoms with Crippen molar-refractivity contribution in [3.63, 3.8) is 0 Å². The van der Waals surface area contributed by atoms with E-state index in [1.807, 2.05) is 59.7 Å². The number of rotatable bonds is 4. The molecule has 0 bridgehead atoms. The van der Waals surface area contributed by atoms with Crippen molar-refractivity contribution < 1.29 is 4.79 Å². The SMILES string of the molecule is Cc1cccc(C)c1NC(=O)[C@@H](C)Sc1nc2nc(C)c(C)c(C)n2n1. The lowest BCUT2D eigenvalue weighted by atomic mass is 10.1. The number of carbonyl (C=O) groups excluding carboxylic acids is 1. The fourth-order valence-electron chi connectivity index (χ4n) is 2.74. The van der Waals surface area contributed by atoms with Gasteiger partial charge in [-0.15, -0.1) is 5.10 Å². The van der Waals surface area contributed by atoms with Crippen LogP contribution in [-0.2, 0) is 4.79 Å². The number of carbonyl (C=O) groups is 1. The van der Waals surface area contributed by atoms with E-state index in [0.717, 1.165) is 33.8 Å². The molecule has 0 fully saturated rings. The lowest BCUT2D eigenvalue weighted by Crippen LogP contribution is -2.23. The number of anilines is 1. The molecular weight excluding hydrogens is 346 g/mol. The van der Waals surface area contributed by atoms with Crippen LogP contribution in [0.1, 0.15) is 35.0 Å². The molecule has 2 aromatic heterocycles. The highest BCUT2D eigenvalue weighted by atomic mass is 32.2. The number of fused-ring (bicyclic) bond motifs is 1. The Hall–Kier alpha value is -2.41. The van der Waals surface area contributed by atoms with Gasteiger partial charge in [-0.05, 0) is 58.2 Å². The Balaban J connectivity index is 1.79. The standard InChI is InChI=1S/C19H23N5OS/c1-10-8-7-9-11(2)16(10)21-17(25)15(6)26-19-22-18-20-13(4)12(3)14(5)24(18)23-19/h7-9,15H,1-6H3,(H,21,25)/t15-/m1/s1. The Morgan fingerprint density at radius 1 is 1.12 bits per heavy atom. The monoisotopic (exact) mass is 369 g/mol. The van der Waals surface area contributed by atoms with Gasteiger partial charge in [0.2, 0.25) is 11.1 Å². The predicted octanol–water partition coefficient (Wildman–Crippen LogP) is 3.79. The molecule has 0 spiro atoms. The van der Waals surface area contributed by atoms with Crippen LogP contribution in [0.2, 0.25) is 0 Å². The number of benzene rings is 1. The summed E-state index contributed by atoms with van der Waals surface area (Å²) in [6.07, 6.45) is 0. The van der Waals surface area contributed by atoms with Crippen LogP contribution in [-0.4, -0.2) is 30.7 Å². The molecule has 0 aliphatic heterocycles. The first kappa shape index (κ1) is 18.4. The summed E-state index contributed by atoms with van der Waals surface area (Å²) >= 11 is 1.33. The Kier molecular flexibility index (Phi) is 5.00. The molecule has 0 aliphatic carbocycles. The van der Waals surface area contributed by atoms with Gasteiger partial charge in [0.1, 0.15) is 0 Å². The molecule has 136 valence electrons.